The molecule has 0 bridgehead atoms. The van der Waals surface area contributed by atoms with Crippen molar-refractivity contribution in [3.8, 4) is 0 Å². The number of hydrogen-bond donors (Lipinski definition) is 1. The van der Waals surface area contributed by atoms with E-state index in [1.165, 1.54) is 22.6 Å². The zero-order valence-corrected chi connectivity index (χ0v) is 19.2. The van der Waals surface area contributed by atoms with Gasteiger partial charge in [-0.2, -0.15) is 4.31 Å². The van der Waals surface area contributed by atoms with Crippen LogP contribution < -0.4 is 5.32 Å². The van der Waals surface area contributed by atoms with E-state index in [2.05, 4.69) is 10.3 Å². The van der Waals surface area contributed by atoms with Gasteiger partial charge in [-0.25, -0.2) is 13.4 Å². The van der Waals surface area contributed by atoms with E-state index in [4.69, 9.17) is 34.8 Å². The predicted molar refractivity (Wildman–Crippen MR) is 119 cm³/mol. The summed E-state index contributed by atoms with van der Waals surface area (Å²) in [7, 11) is -3.71. The number of carbonyl (C=O) groups is 1. The van der Waals surface area contributed by atoms with Crippen molar-refractivity contribution in [2.75, 3.05) is 19.6 Å². The third-order valence-corrected chi connectivity index (χ3v) is 8.18. The number of piperidine rings is 1. The molecule has 2 aromatic rings. The van der Waals surface area contributed by atoms with Gasteiger partial charge in [-0.1, -0.05) is 40.9 Å². The fourth-order valence-corrected chi connectivity index (χ4v) is 5.62. The van der Waals surface area contributed by atoms with Gasteiger partial charge in [-0.05, 0) is 55.5 Å². The molecule has 1 aliphatic heterocycles. The minimum Gasteiger partial charge on any atom is -0.356 e. The fraction of sp³-hybridized carbons (Fsp3) is 0.400. The van der Waals surface area contributed by atoms with Gasteiger partial charge in [0, 0.05) is 31.7 Å². The highest BCUT2D eigenvalue weighted by atomic mass is 35.5. The molecule has 0 unspecified atom stereocenters. The number of nitrogens with one attached hydrogen (secondary N) is 1. The average Bonchev–Trinajstić information content (AvgIpc) is 2.74. The van der Waals surface area contributed by atoms with Crippen LogP contribution in [0.3, 0.4) is 0 Å². The lowest BCUT2D eigenvalue weighted by molar-refractivity contribution is -0.126. The van der Waals surface area contributed by atoms with Crippen LogP contribution in [0.15, 0.2) is 41.4 Å². The van der Waals surface area contributed by atoms with E-state index >= 15 is 0 Å². The summed E-state index contributed by atoms with van der Waals surface area (Å²) in [5, 5.41) is 3.95. The molecule has 10 heteroatoms. The quantitative estimate of drug-likeness (QED) is 0.466. The monoisotopic (exact) mass is 489 g/mol. The summed E-state index contributed by atoms with van der Waals surface area (Å²) in [6.45, 7) is 1.09. The van der Waals surface area contributed by atoms with Crippen LogP contribution in [0.25, 0.3) is 0 Å². The molecule has 1 amide bonds. The molecule has 2 heterocycles. The summed E-state index contributed by atoms with van der Waals surface area (Å²) in [4.78, 5) is 16.3. The van der Waals surface area contributed by atoms with Gasteiger partial charge in [0.15, 0.2) is 0 Å². The third-order valence-electron chi connectivity index (χ3n) is 5.09. The number of aryl methyl sites for hydroxylation is 1. The maximum Gasteiger partial charge on any atom is 0.246 e. The van der Waals surface area contributed by atoms with Crippen LogP contribution in [0.5, 0.6) is 0 Å². The topological polar surface area (TPSA) is 79.4 Å². The minimum atomic E-state index is -3.71. The van der Waals surface area contributed by atoms with Crippen LogP contribution in [0, 0.1) is 5.92 Å². The Morgan fingerprint density at radius 3 is 2.53 bits per heavy atom. The molecule has 1 saturated heterocycles. The zero-order valence-electron chi connectivity index (χ0n) is 16.2. The van der Waals surface area contributed by atoms with Gasteiger partial charge in [0.25, 0.3) is 0 Å². The van der Waals surface area contributed by atoms with Gasteiger partial charge in [0.05, 0.1) is 10.0 Å². The van der Waals surface area contributed by atoms with Crippen LogP contribution in [0.1, 0.15) is 24.8 Å². The SMILES string of the molecule is O=C(NCCCc1ccc(Cl)c(Cl)c1)C1CCN(S(=O)(=O)c2cccnc2Cl)CC1. The summed E-state index contributed by atoms with van der Waals surface area (Å²) in [5.74, 6) is -0.244. The number of amides is 1. The Kier molecular flexibility index (Phi) is 7.98. The summed E-state index contributed by atoms with van der Waals surface area (Å²) >= 11 is 17.9. The van der Waals surface area contributed by atoms with E-state index in [0.717, 1.165) is 18.4 Å². The van der Waals surface area contributed by atoms with Gasteiger partial charge in [-0.15, -0.1) is 0 Å². The van der Waals surface area contributed by atoms with Gasteiger partial charge in [0.2, 0.25) is 15.9 Å². The Hall–Kier alpha value is -1.38. The largest absolute Gasteiger partial charge is 0.356 e. The number of benzene rings is 1. The first kappa shape index (κ1) is 23.3. The molecular formula is C20H22Cl3N3O3S. The highest BCUT2D eigenvalue weighted by Gasteiger charge is 2.33. The number of carbonyl (C=O) groups excluding carboxylic acids is 1. The Bertz CT molecular complexity index is 1010. The fourth-order valence-electron chi connectivity index (χ4n) is 3.40. The summed E-state index contributed by atoms with van der Waals surface area (Å²) < 4.78 is 26.9. The third kappa shape index (κ3) is 5.65. The van der Waals surface area contributed by atoms with Crippen LogP contribution >= 0.6 is 34.8 Å². The zero-order chi connectivity index (χ0) is 21.7. The molecule has 1 fully saturated rings. The molecule has 0 aliphatic carbocycles. The smallest absolute Gasteiger partial charge is 0.246 e. The molecule has 0 spiro atoms. The maximum atomic E-state index is 12.8. The molecule has 1 aromatic carbocycles. The average molecular weight is 491 g/mol. The first-order valence-corrected chi connectivity index (χ1v) is 12.2. The molecule has 1 aliphatic rings. The number of halogens is 3. The minimum absolute atomic E-state index is 0.00290. The van der Waals surface area contributed by atoms with E-state index < -0.39 is 10.0 Å². The lowest BCUT2D eigenvalue weighted by atomic mass is 9.97. The number of hydrogen-bond acceptors (Lipinski definition) is 4. The van der Waals surface area contributed by atoms with Crippen molar-refractivity contribution in [3.63, 3.8) is 0 Å². The molecule has 1 N–H and O–H groups in total. The first-order valence-electron chi connectivity index (χ1n) is 9.61. The Balaban J connectivity index is 1.45. The van der Waals surface area contributed by atoms with Gasteiger partial charge < -0.3 is 5.32 Å². The molecule has 162 valence electrons. The highest BCUT2D eigenvalue weighted by molar-refractivity contribution is 7.89. The van der Waals surface area contributed by atoms with Crippen molar-refractivity contribution < 1.29 is 13.2 Å². The van der Waals surface area contributed by atoms with E-state index in [1.807, 2.05) is 12.1 Å². The number of rotatable bonds is 7. The van der Waals surface area contributed by atoms with Crippen molar-refractivity contribution in [2.45, 2.75) is 30.6 Å². The summed E-state index contributed by atoms with van der Waals surface area (Å²) in [6, 6.07) is 8.49. The lowest BCUT2D eigenvalue weighted by Gasteiger charge is -2.30. The normalized spacial score (nSPS) is 15.8. The van der Waals surface area contributed by atoms with E-state index in [1.54, 1.807) is 6.07 Å². The number of pyridine rings is 1. The molecular weight excluding hydrogens is 469 g/mol. The Labute approximate surface area is 191 Å². The van der Waals surface area contributed by atoms with Crippen molar-refractivity contribution in [1.82, 2.24) is 14.6 Å². The molecule has 0 radical (unpaired) electrons. The second kappa shape index (κ2) is 10.3. The standard InChI is InChI=1S/C20H22Cl3N3O3S/c21-16-6-5-14(13-17(16)22)3-1-10-25-20(27)15-7-11-26(12-8-15)30(28,29)18-4-2-9-24-19(18)23/h2,4-6,9,13,15H,1,3,7-8,10-12H2,(H,25,27). The predicted octanol–water partition coefficient (Wildman–Crippen LogP) is 4.19. The molecule has 6 nitrogen and oxygen atoms in total. The van der Waals surface area contributed by atoms with E-state index in [9.17, 15) is 13.2 Å². The molecule has 1 aromatic heterocycles. The number of aromatic nitrogens is 1. The molecule has 0 atom stereocenters. The van der Waals surface area contributed by atoms with Crippen LogP contribution in [0.4, 0.5) is 0 Å². The Morgan fingerprint density at radius 1 is 1.13 bits per heavy atom. The van der Waals surface area contributed by atoms with Crippen molar-refractivity contribution in [1.29, 1.82) is 0 Å². The Morgan fingerprint density at radius 2 is 1.87 bits per heavy atom. The molecule has 3 rings (SSSR count). The van der Waals surface area contributed by atoms with Crippen LogP contribution in [-0.2, 0) is 21.2 Å². The highest BCUT2D eigenvalue weighted by Crippen LogP contribution is 2.27. The summed E-state index contributed by atoms with van der Waals surface area (Å²) in [6.07, 6.45) is 3.93. The van der Waals surface area contributed by atoms with Crippen molar-refractivity contribution >= 4 is 50.7 Å². The number of sulfonamides is 1. The first-order chi connectivity index (χ1) is 14.3. The van der Waals surface area contributed by atoms with Gasteiger partial charge >= 0.3 is 0 Å². The van der Waals surface area contributed by atoms with Crippen molar-refractivity contribution in [3.05, 3.63) is 57.3 Å². The summed E-state index contributed by atoms with van der Waals surface area (Å²) in [5.41, 5.74) is 1.06. The lowest BCUT2D eigenvalue weighted by Crippen LogP contribution is -2.43. The second-order valence-corrected chi connectivity index (χ2v) is 10.2. The second-order valence-electron chi connectivity index (χ2n) is 7.11. The van der Waals surface area contributed by atoms with Crippen LogP contribution in [0.2, 0.25) is 15.2 Å². The van der Waals surface area contributed by atoms with Crippen molar-refractivity contribution in [2.24, 2.45) is 5.92 Å². The van der Waals surface area contributed by atoms with Crippen LogP contribution in [-0.4, -0.2) is 43.2 Å². The maximum absolute atomic E-state index is 12.8. The number of nitrogens with zero attached hydrogens (tertiary/aromatic N) is 2. The van der Waals surface area contributed by atoms with Gasteiger partial charge in [0.1, 0.15) is 10.0 Å². The van der Waals surface area contributed by atoms with Gasteiger partial charge in [-0.3, -0.25) is 4.79 Å². The molecule has 0 saturated carbocycles. The van der Waals surface area contributed by atoms with E-state index in [-0.39, 0.29) is 35.0 Å². The van der Waals surface area contributed by atoms with E-state index in [0.29, 0.717) is 29.4 Å². The molecule has 30 heavy (non-hydrogen) atoms.